The van der Waals surface area contributed by atoms with Crippen molar-refractivity contribution < 1.29 is 6.22 Å². The Morgan fingerprint density at radius 1 is 1.08 bits per heavy atom. The van der Waals surface area contributed by atoms with Gasteiger partial charge in [0.2, 0.25) is 0 Å². The SMILES string of the molecule is CC.CC.CCCCCC/C=C/CC1=C(C)C(=O)C2CC=CCC2N1.[HH]. The van der Waals surface area contributed by atoms with Gasteiger partial charge >= 0.3 is 0 Å². The van der Waals surface area contributed by atoms with Gasteiger partial charge in [-0.2, -0.15) is 0 Å². The van der Waals surface area contributed by atoms with Crippen molar-refractivity contribution in [3.8, 4) is 0 Å². The quantitative estimate of drug-likeness (QED) is 0.396. The lowest BCUT2D eigenvalue weighted by molar-refractivity contribution is -0.120. The van der Waals surface area contributed by atoms with E-state index < -0.39 is 0 Å². The van der Waals surface area contributed by atoms with Gasteiger partial charge in [0.1, 0.15) is 0 Å². The van der Waals surface area contributed by atoms with E-state index in [0.717, 1.165) is 37.0 Å². The molecule has 0 saturated carbocycles. The fourth-order valence-corrected chi connectivity index (χ4v) is 3.24. The Morgan fingerprint density at radius 3 is 2.44 bits per heavy atom. The molecular weight excluding hydrogens is 306 g/mol. The first kappa shape index (κ1) is 23.7. The summed E-state index contributed by atoms with van der Waals surface area (Å²) in [6, 6.07) is 0.319. The van der Waals surface area contributed by atoms with Crippen molar-refractivity contribution in [2.45, 2.75) is 99.0 Å². The van der Waals surface area contributed by atoms with Crippen LogP contribution in [0.3, 0.4) is 0 Å². The van der Waals surface area contributed by atoms with E-state index in [0.29, 0.717) is 11.8 Å². The van der Waals surface area contributed by atoms with Crippen LogP contribution in [-0.4, -0.2) is 11.8 Å². The van der Waals surface area contributed by atoms with Gasteiger partial charge in [0.25, 0.3) is 0 Å². The fourth-order valence-electron chi connectivity index (χ4n) is 3.24. The number of ketones is 1. The molecule has 0 aromatic heterocycles. The van der Waals surface area contributed by atoms with Crippen molar-refractivity contribution in [1.29, 1.82) is 0 Å². The predicted octanol–water partition coefficient (Wildman–Crippen LogP) is 6.98. The Kier molecular flexibility index (Phi) is 14.2. The Labute approximate surface area is 158 Å². The van der Waals surface area contributed by atoms with E-state index in [-0.39, 0.29) is 7.34 Å². The van der Waals surface area contributed by atoms with E-state index in [4.69, 9.17) is 0 Å². The highest BCUT2D eigenvalue weighted by Gasteiger charge is 2.34. The number of hydrogen-bond donors (Lipinski definition) is 1. The zero-order chi connectivity index (χ0) is 19.1. The van der Waals surface area contributed by atoms with Crippen LogP contribution in [0.25, 0.3) is 0 Å². The average molecular weight is 350 g/mol. The van der Waals surface area contributed by atoms with Crippen LogP contribution in [0.4, 0.5) is 0 Å². The molecule has 1 aliphatic carbocycles. The van der Waals surface area contributed by atoms with Crippen LogP contribution >= 0.6 is 0 Å². The molecule has 0 radical (unpaired) electrons. The van der Waals surface area contributed by atoms with E-state index in [1.54, 1.807) is 0 Å². The number of rotatable bonds is 7. The van der Waals surface area contributed by atoms with Crippen LogP contribution in [0, 0.1) is 5.92 Å². The number of unbranched alkanes of at least 4 members (excludes halogenated alkanes) is 4. The molecule has 1 aliphatic heterocycles. The molecule has 0 fully saturated rings. The lowest BCUT2D eigenvalue weighted by atomic mass is 9.79. The fraction of sp³-hybridized carbons (Fsp3) is 0.696. The third-order valence-corrected chi connectivity index (χ3v) is 4.66. The molecule has 2 heteroatoms. The van der Waals surface area contributed by atoms with E-state index >= 15 is 0 Å². The Bertz CT molecular complexity index is 451. The van der Waals surface area contributed by atoms with Crippen molar-refractivity contribution >= 4 is 5.78 Å². The summed E-state index contributed by atoms with van der Waals surface area (Å²) < 4.78 is 0. The zero-order valence-corrected chi connectivity index (χ0v) is 17.5. The molecular formula is C23H43NO. The lowest BCUT2D eigenvalue weighted by Gasteiger charge is -2.35. The van der Waals surface area contributed by atoms with Gasteiger partial charge in [-0.1, -0.05) is 78.2 Å². The summed E-state index contributed by atoms with van der Waals surface area (Å²) in [7, 11) is 0. The van der Waals surface area contributed by atoms with Gasteiger partial charge in [-0.15, -0.1) is 0 Å². The molecule has 0 saturated heterocycles. The first-order valence-electron chi connectivity index (χ1n) is 10.5. The van der Waals surface area contributed by atoms with Crippen LogP contribution in [0.15, 0.2) is 35.6 Å². The molecule has 0 amide bonds. The Hall–Kier alpha value is -1.31. The van der Waals surface area contributed by atoms with E-state index in [2.05, 4.69) is 36.5 Å². The van der Waals surface area contributed by atoms with E-state index in [9.17, 15) is 4.79 Å². The molecule has 1 heterocycles. The molecule has 0 bridgehead atoms. The minimum atomic E-state index is 0. The Morgan fingerprint density at radius 2 is 1.76 bits per heavy atom. The molecule has 2 rings (SSSR count). The lowest BCUT2D eigenvalue weighted by Crippen LogP contribution is -2.45. The van der Waals surface area contributed by atoms with Crippen molar-refractivity contribution in [3.63, 3.8) is 0 Å². The first-order chi connectivity index (χ1) is 12.2. The van der Waals surface area contributed by atoms with Gasteiger partial charge in [-0.05, 0) is 32.6 Å². The maximum atomic E-state index is 12.4. The predicted molar refractivity (Wildman–Crippen MR) is 114 cm³/mol. The van der Waals surface area contributed by atoms with Gasteiger partial charge < -0.3 is 5.32 Å². The largest absolute Gasteiger partial charge is 0.384 e. The highest BCUT2D eigenvalue weighted by atomic mass is 16.1. The maximum Gasteiger partial charge on any atom is 0.165 e. The minimum Gasteiger partial charge on any atom is -0.384 e. The van der Waals surface area contributed by atoms with Gasteiger partial charge in [0, 0.05) is 31.1 Å². The monoisotopic (exact) mass is 349 g/mol. The van der Waals surface area contributed by atoms with Crippen molar-refractivity contribution in [2.75, 3.05) is 0 Å². The highest BCUT2D eigenvalue weighted by Crippen LogP contribution is 2.29. The van der Waals surface area contributed by atoms with E-state index in [1.807, 2.05) is 34.6 Å². The smallest absolute Gasteiger partial charge is 0.165 e. The van der Waals surface area contributed by atoms with E-state index in [1.165, 1.54) is 25.7 Å². The summed E-state index contributed by atoms with van der Waals surface area (Å²) in [5, 5.41) is 3.60. The number of carbonyl (C=O) groups is 1. The van der Waals surface area contributed by atoms with Crippen LogP contribution in [0.2, 0.25) is 0 Å². The van der Waals surface area contributed by atoms with Crippen LogP contribution in [0.1, 0.15) is 94.3 Å². The van der Waals surface area contributed by atoms with Crippen LogP contribution < -0.4 is 5.32 Å². The van der Waals surface area contributed by atoms with Gasteiger partial charge in [0.15, 0.2) is 5.78 Å². The van der Waals surface area contributed by atoms with Crippen molar-refractivity contribution in [3.05, 3.63) is 35.6 Å². The number of allylic oxidation sites excluding steroid dienone is 4. The summed E-state index contributed by atoms with van der Waals surface area (Å²) in [6.45, 7) is 12.2. The molecule has 2 atom stereocenters. The summed E-state index contributed by atoms with van der Waals surface area (Å²) >= 11 is 0. The molecule has 0 aromatic carbocycles. The second kappa shape index (κ2) is 15.0. The standard InChI is InChI=1S/C19H29NO.2C2H6.H2/c1-3-4-5-6-7-8-9-13-17-15(2)19(21)16-12-10-11-14-18(16)20-17;2*1-2;/h8-11,16,18,20H,3-7,12-14H2,1-2H3;2*1-2H3;1H/b9-8+;;;. The van der Waals surface area contributed by atoms with Gasteiger partial charge in [-0.3, -0.25) is 4.79 Å². The summed E-state index contributed by atoms with van der Waals surface area (Å²) in [6.07, 6.45) is 18.0. The third kappa shape index (κ3) is 8.07. The number of carbonyl (C=O) groups excluding carboxylic acids is 1. The normalized spacial score (nSPS) is 21.8. The molecule has 2 nitrogen and oxygen atoms in total. The number of Topliss-reactive ketones (excluding diaryl/α,β-unsaturated/α-hetero) is 1. The molecule has 2 unspecified atom stereocenters. The average Bonchev–Trinajstić information content (AvgIpc) is 2.68. The molecule has 2 aliphatic rings. The third-order valence-electron chi connectivity index (χ3n) is 4.66. The van der Waals surface area contributed by atoms with Gasteiger partial charge in [-0.25, -0.2) is 0 Å². The number of hydrogen-bond acceptors (Lipinski definition) is 2. The Balaban J connectivity index is 0. The summed E-state index contributed by atoms with van der Waals surface area (Å²) in [5.74, 6) is 0.520. The molecule has 146 valence electrons. The molecule has 0 aromatic rings. The van der Waals surface area contributed by atoms with Crippen molar-refractivity contribution in [1.82, 2.24) is 5.32 Å². The molecule has 1 N–H and O–H groups in total. The second-order valence-corrected chi connectivity index (χ2v) is 6.29. The highest BCUT2D eigenvalue weighted by molar-refractivity contribution is 5.99. The minimum absolute atomic E-state index is 0. The molecule has 25 heavy (non-hydrogen) atoms. The van der Waals surface area contributed by atoms with Gasteiger partial charge in [0.05, 0.1) is 0 Å². The maximum absolute atomic E-state index is 12.4. The second-order valence-electron chi connectivity index (χ2n) is 6.29. The number of nitrogens with one attached hydrogen (secondary N) is 1. The molecule has 0 spiro atoms. The first-order valence-corrected chi connectivity index (χ1v) is 10.5. The van der Waals surface area contributed by atoms with Crippen LogP contribution in [0.5, 0.6) is 0 Å². The summed E-state index contributed by atoms with van der Waals surface area (Å²) in [5.41, 5.74) is 2.09. The topological polar surface area (TPSA) is 29.1 Å². The summed E-state index contributed by atoms with van der Waals surface area (Å²) in [4.78, 5) is 12.4. The number of fused-ring (bicyclic) bond motifs is 1. The van der Waals surface area contributed by atoms with Crippen molar-refractivity contribution in [2.24, 2.45) is 5.92 Å². The zero-order valence-electron chi connectivity index (χ0n) is 17.5. The van der Waals surface area contributed by atoms with Crippen LogP contribution in [-0.2, 0) is 4.79 Å².